The molecule has 0 spiro atoms. The van der Waals surface area contributed by atoms with Crippen molar-refractivity contribution in [1.82, 2.24) is 0 Å². The molecule has 0 bridgehead atoms. The van der Waals surface area contributed by atoms with Crippen molar-refractivity contribution in [3.8, 4) is 0 Å². The Morgan fingerprint density at radius 2 is 1.59 bits per heavy atom. The van der Waals surface area contributed by atoms with Gasteiger partial charge >= 0.3 is 0 Å². The van der Waals surface area contributed by atoms with E-state index in [4.69, 9.17) is 0 Å². The summed E-state index contributed by atoms with van der Waals surface area (Å²) in [5.74, 6) is -0.224. The van der Waals surface area contributed by atoms with Crippen molar-refractivity contribution in [3.63, 3.8) is 0 Å². The molecule has 2 rings (SSSR count). The van der Waals surface area contributed by atoms with Crippen LogP contribution in [0.2, 0.25) is 0 Å². The van der Waals surface area contributed by atoms with Crippen LogP contribution in [0.5, 0.6) is 0 Å². The quantitative estimate of drug-likeness (QED) is 0.593. The fraction of sp³-hybridized carbons (Fsp3) is 0.0714. The molecule has 85 valence electrons. The molecule has 0 aliphatic heterocycles. The van der Waals surface area contributed by atoms with Gasteiger partial charge in [0.25, 0.3) is 5.69 Å². The van der Waals surface area contributed by atoms with Crippen molar-refractivity contribution in [2.24, 2.45) is 0 Å². The molecule has 1 radical (unpaired) electrons. The Labute approximate surface area is 99.9 Å². The van der Waals surface area contributed by atoms with Gasteiger partial charge in [-0.25, -0.2) is 0 Å². The van der Waals surface area contributed by atoms with Gasteiger partial charge in [-0.2, -0.15) is 0 Å². The molecule has 0 saturated heterocycles. The summed E-state index contributed by atoms with van der Waals surface area (Å²) in [5.41, 5.74) is 1.74. The van der Waals surface area contributed by atoms with Gasteiger partial charge in [-0.3, -0.25) is 10.1 Å². The molecule has 0 N–H and O–H groups in total. The number of para-hydroxylation sites is 1. The summed E-state index contributed by atoms with van der Waals surface area (Å²) in [7, 11) is 0. The van der Waals surface area contributed by atoms with Crippen molar-refractivity contribution in [2.45, 2.75) is 5.92 Å². The van der Waals surface area contributed by atoms with Crippen molar-refractivity contribution < 1.29 is 4.92 Å². The molecular formula is C14H12NO2. The summed E-state index contributed by atoms with van der Waals surface area (Å²) in [4.78, 5) is 10.6. The van der Waals surface area contributed by atoms with Gasteiger partial charge in [0.1, 0.15) is 0 Å². The normalized spacial score (nSPS) is 12.1. The second kappa shape index (κ2) is 4.78. The molecule has 0 amide bonds. The zero-order chi connectivity index (χ0) is 12.3. The Hall–Kier alpha value is -2.16. The van der Waals surface area contributed by atoms with E-state index in [1.54, 1.807) is 18.2 Å². The average Bonchev–Trinajstić information content (AvgIpc) is 2.39. The van der Waals surface area contributed by atoms with E-state index < -0.39 is 0 Å². The van der Waals surface area contributed by atoms with E-state index in [9.17, 15) is 10.1 Å². The van der Waals surface area contributed by atoms with E-state index in [1.807, 2.05) is 30.3 Å². The lowest BCUT2D eigenvalue weighted by molar-refractivity contribution is -0.385. The van der Waals surface area contributed by atoms with E-state index in [2.05, 4.69) is 6.92 Å². The highest BCUT2D eigenvalue weighted by atomic mass is 16.6. The average molecular weight is 226 g/mol. The van der Waals surface area contributed by atoms with Crippen molar-refractivity contribution in [2.75, 3.05) is 0 Å². The second-order valence-corrected chi connectivity index (χ2v) is 3.78. The van der Waals surface area contributed by atoms with Crippen LogP contribution in [0.3, 0.4) is 0 Å². The van der Waals surface area contributed by atoms with E-state index in [1.165, 1.54) is 6.07 Å². The molecule has 0 fully saturated rings. The van der Waals surface area contributed by atoms with Gasteiger partial charge in [0, 0.05) is 17.5 Å². The SMILES string of the molecule is [CH2]C(c1ccccc1)c1ccccc1[N+](=O)[O-]. The maximum absolute atomic E-state index is 10.9. The fourth-order valence-electron chi connectivity index (χ4n) is 1.81. The zero-order valence-corrected chi connectivity index (χ0v) is 9.24. The minimum absolute atomic E-state index is 0.122. The smallest absolute Gasteiger partial charge is 0.258 e. The third kappa shape index (κ3) is 2.33. The predicted molar refractivity (Wildman–Crippen MR) is 66.7 cm³/mol. The van der Waals surface area contributed by atoms with Crippen LogP contribution in [0.4, 0.5) is 5.69 Å². The van der Waals surface area contributed by atoms with E-state index >= 15 is 0 Å². The number of nitro groups is 1. The van der Waals surface area contributed by atoms with Crippen LogP contribution in [0.1, 0.15) is 17.0 Å². The summed E-state index contributed by atoms with van der Waals surface area (Å²) < 4.78 is 0. The number of hydrogen-bond donors (Lipinski definition) is 0. The number of nitro benzene ring substituents is 1. The molecule has 0 aliphatic rings. The first kappa shape index (κ1) is 11.3. The Bertz CT molecular complexity index is 523. The van der Waals surface area contributed by atoms with Crippen LogP contribution >= 0.6 is 0 Å². The molecule has 17 heavy (non-hydrogen) atoms. The molecule has 0 heterocycles. The van der Waals surface area contributed by atoms with E-state index in [0.717, 1.165) is 5.56 Å². The van der Waals surface area contributed by atoms with E-state index in [0.29, 0.717) is 5.56 Å². The monoisotopic (exact) mass is 226 g/mol. The first-order chi connectivity index (χ1) is 8.20. The second-order valence-electron chi connectivity index (χ2n) is 3.78. The van der Waals surface area contributed by atoms with Crippen LogP contribution in [0, 0.1) is 17.0 Å². The Kier molecular flexibility index (Phi) is 3.19. The largest absolute Gasteiger partial charge is 0.273 e. The highest BCUT2D eigenvalue weighted by Crippen LogP contribution is 2.30. The highest BCUT2D eigenvalue weighted by Gasteiger charge is 2.18. The van der Waals surface area contributed by atoms with Gasteiger partial charge < -0.3 is 0 Å². The minimum Gasteiger partial charge on any atom is -0.258 e. The van der Waals surface area contributed by atoms with Gasteiger partial charge in [-0.15, -0.1) is 0 Å². The summed E-state index contributed by atoms with van der Waals surface area (Å²) >= 11 is 0. The first-order valence-corrected chi connectivity index (χ1v) is 5.31. The third-order valence-corrected chi connectivity index (χ3v) is 2.71. The van der Waals surface area contributed by atoms with Gasteiger partial charge in [0.15, 0.2) is 0 Å². The lowest BCUT2D eigenvalue weighted by Gasteiger charge is -2.12. The summed E-state index contributed by atoms with van der Waals surface area (Å²) in [6.45, 7) is 4.02. The predicted octanol–water partition coefficient (Wildman–Crippen LogP) is 3.56. The van der Waals surface area contributed by atoms with Gasteiger partial charge in [-0.05, 0) is 12.5 Å². The van der Waals surface area contributed by atoms with Crippen LogP contribution in [-0.4, -0.2) is 4.92 Å². The van der Waals surface area contributed by atoms with Crippen LogP contribution < -0.4 is 0 Å². The molecule has 0 saturated carbocycles. The minimum atomic E-state index is -0.365. The van der Waals surface area contributed by atoms with Crippen molar-refractivity contribution in [1.29, 1.82) is 0 Å². The molecule has 3 heteroatoms. The molecule has 1 unspecified atom stereocenters. The molecule has 0 aromatic heterocycles. The molecule has 0 aliphatic carbocycles. The van der Waals surface area contributed by atoms with Crippen LogP contribution in [0.15, 0.2) is 54.6 Å². The van der Waals surface area contributed by atoms with Crippen LogP contribution in [-0.2, 0) is 0 Å². The lowest BCUT2D eigenvalue weighted by atomic mass is 9.92. The summed E-state index contributed by atoms with van der Waals surface area (Å²) in [6.07, 6.45) is 0. The van der Waals surface area contributed by atoms with Gasteiger partial charge in [0.2, 0.25) is 0 Å². The molecule has 3 nitrogen and oxygen atoms in total. The van der Waals surface area contributed by atoms with Crippen molar-refractivity contribution >= 4 is 5.69 Å². The van der Waals surface area contributed by atoms with Gasteiger partial charge in [-0.1, -0.05) is 48.5 Å². The Morgan fingerprint density at radius 1 is 1.00 bits per heavy atom. The topological polar surface area (TPSA) is 43.1 Å². The summed E-state index contributed by atoms with van der Waals surface area (Å²) in [6, 6.07) is 16.3. The lowest BCUT2D eigenvalue weighted by Crippen LogP contribution is -2.01. The van der Waals surface area contributed by atoms with Crippen molar-refractivity contribution in [3.05, 3.63) is 82.8 Å². The van der Waals surface area contributed by atoms with E-state index in [-0.39, 0.29) is 16.5 Å². The maximum atomic E-state index is 10.9. The summed E-state index contributed by atoms with van der Waals surface area (Å²) in [5, 5.41) is 10.9. The fourth-order valence-corrected chi connectivity index (χ4v) is 1.81. The molecular weight excluding hydrogens is 214 g/mol. The van der Waals surface area contributed by atoms with Gasteiger partial charge in [0.05, 0.1) is 4.92 Å². The Morgan fingerprint density at radius 3 is 2.24 bits per heavy atom. The molecule has 1 atom stereocenters. The zero-order valence-electron chi connectivity index (χ0n) is 9.24. The van der Waals surface area contributed by atoms with Crippen LogP contribution in [0.25, 0.3) is 0 Å². The number of benzene rings is 2. The highest BCUT2D eigenvalue weighted by molar-refractivity contribution is 5.47. The molecule has 2 aromatic carbocycles. The molecule has 2 aromatic rings. The first-order valence-electron chi connectivity index (χ1n) is 5.31. The number of hydrogen-bond acceptors (Lipinski definition) is 2. The number of rotatable bonds is 3. The maximum Gasteiger partial charge on any atom is 0.273 e. The standard InChI is InChI=1S/C14H12NO2/c1-11(12-7-3-2-4-8-12)13-9-5-6-10-14(13)15(16)17/h2-11H,1H2. The third-order valence-electron chi connectivity index (χ3n) is 2.71. The Balaban J connectivity index is 2.44. The number of nitrogens with zero attached hydrogens (tertiary/aromatic N) is 1.